The zero-order valence-electron chi connectivity index (χ0n) is 9.65. The molecule has 0 aromatic rings. The lowest BCUT2D eigenvalue weighted by molar-refractivity contribution is -0.139. The lowest BCUT2D eigenvalue weighted by atomic mass is 9.76. The van der Waals surface area contributed by atoms with E-state index < -0.39 is 5.54 Å². The molecule has 2 N–H and O–H groups in total. The van der Waals surface area contributed by atoms with Crippen molar-refractivity contribution < 1.29 is 4.79 Å². The van der Waals surface area contributed by atoms with E-state index in [1.165, 1.54) is 19.3 Å². The molecule has 3 nitrogen and oxygen atoms in total. The molecule has 0 aromatic heterocycles. The molecular weight excluding hydrogens is 224 g/mol. The summed E-state index contributed by atoms with van der Waals surface area (Å²) in [5, 5.41) is 0. The van der Waals surface area contributed by atoms with Crippen molar-refractivity contribution in [3.63, 3.8) is 0 Å². The Hall–Kier alpha value is -0.280. The second-order valence-corrected chi connectivity index (χ2v) is 5.67. The fourth-order valence-electron chi connectivity index (χ4n) is 3.49. The van der Waals surface area contributed by atoms with Gasteiger partial charge in [0, 0.05) is 13.1 Å². The van der Waals surface area contributed by atoms with Crippen molar-refractivity contribution >= 4 is 18.3 Å². The first kappa shape index (κ1) is 12.2. The van der Waals surface area contributed by atoms with Crippen LogP contribution in [0, 0.1) is 11.8 Å². The van der Waals surface area contributed by atoms with Gasteiger partial charge in [-0.25, -0.2) is 0 Å². The summed E-state index contributed by atoms with van der Waals surface area (Å²) in [7, 11) is 0. The van der Waals surface area contributed by atoms with Gasteiger partial charge in [-0.2, -0.15) is 0 Å². The van der Waals surface area contributed by atoms with Crippen molar-refractivity contribution in [3.05, 3.63) is 0 Å². The molecule has 2 saturated carbocycles. The van der Waals surface area contributed by atoms with E-state index >= 15 is 0 Å². The molecule has 0 spiro atoms. The van der Waals surface area contributed by atoms with Gasteiger partial charge >= 0.3 is 0 Å². The molecule has 1 aliphatic heterocycles. The van der Waals surface area contributed by atoms with Crippen molar-refractivity contribution in [2.45, 2.75) is 44.1 Å². The van der Waals surface area contributed by atoms with Gasteiger partial charge in [-0.1, -0.05) is 6.42 Å². The number of likely N-dealkylation sites (tertiary alicyclic amines) is 1. The molecule has 0 radical (unpaired) electrons. The first-order chi connectivity index (χ1) is 7.19. The minimum atomic E-state index is -0.474. The second kappa shape index (κ2) is 4.19. The highest BCUT2D eigenvalue weighted by Crippen LogP contribution is 2.40. The zero-order valence-corrected chi connectivity index (χ0v) is 10.5. The van der Waals surface area contributed by atoms with Crippen LogP contribution in [0.4, 0.5) is 0 Å². The van der Waals surface area contributed by atoms with Crippen molar-refractivity contribution in [2.75, 3.05) is 13.1 Å². The molecule has 2 aliphatic carbocycles. The molecule has 16 heavy (non-hydrogen) atoms. The number of nitrogens with two attached hydrogens (primary N) is 1. The van der Waals surface area contributed by atoms with Crippen LogP contribution in [-0.2, 0) is 4.79 Å². The Morgan fingerprint density at radius 3 is 2.12 bits per heavy atom. The normalized spacial score (nSPS) is 35.2. The van der Waals surface area contributed by atoms with E-state index in [-0.39, 0.29) is 18.3 Å². The number of hydrogen-bond acceptors (Lipinski definition) is 2. The molecule has 4 heteroatoms. The number of rotatable bonds is 1. The topological polar surface area (TPSA) is 46.3 Å². The minimum absolute atomic E-state index is 0. The van der Waals surface area contributed by atoms with Crippen LogP contribution in [0.2, 0.25) is 0 Å². The Balaban J connectivity index is 0.000000963. The SMILES string of the molecule is Cl.NC1(C(=O)N2CC3CCCC3C2)CCC1. The van der Waals surface area contributed by atoms with Crippen molar-refractivity contribution in [2.24, 2.45) is 17.6 Å². The van der Waals surface area contributed by atoms with Crippen LogP contribution >= 0.6 is 12.4 Å². The molecule has 3 fully saturated rings. The number of amides is 1. The van der Waals surface area contributed by atoms with Crippen molar-refractivity contribution in [1.29, 1.82) is 0 Å². The van der Waals surface area contributed by atoms with Crippen LogP contribution in [-0.4, -0.2) is 29.4 Å². The molecule has 0 bridgehead atoms. The summed E-state index contributed by atoms with van der Waals surface area (Å²) in [6.45, 7) is 1.98. The van der Waals surface area contributed by atoms with Crippen LogP contribution < -0.4 is 5.73 Å². The predicted molar refractivity (Wildman–Crippen MR) is 65.4 cm³/mol. The summed E-state index contributed by atoms with van der Waals surface area (Å²) in [5.74, 6) is 1.82. The molecule has 3 aliphatic rings. The van der Waals surface area contributed by atoms with Crippen LogP contribution in [0.15, 0.2) is 0 Å². The van der Waals surface area contributed by atoms with Crippen LogP contribution in [0.5, 0.6) is 0 Å². The Labute approximate surface area is 103 Å². The van der Waals surface area contributed by atoms with Crippen molar-refractivity contribution in [3.8, 4) is 0 Å². The maximum Gasteiger partial charge on any atom is 0.242 e. The van der Waals surface area contributed by atoms with Gasteiger partial charge in [0.2, 0.25) is 5.91 Å². The molecular formula is C12H21ClN2O. The Bertz CT molecular complexity index is 279. The van der Waals surface area contributed by atoms with Crippen LogP contribution in [0.1, 0.15) is 38.5 Å². The summed E-state index contributed by atoms with van der Waals surface area (Å²) in [4.78, 5) is 14.2. The predicted octanol–water partition coefficient (Wildman–Crippen LogP) is 1.55. The fourth-order valence-corrected chi connectivity index (χ4v) is 3.49. The first-order valence-corrected chi connectivity index (χ1v) is 6.27. The van der Waals surface area contributed by atoms with Crippen LogP contribution in [0.3, 0.4) is 0 Å². The molecule has 1 saturated heterocycles. The third kappa shape index (κ3) is 1.74. The largest absolute Gasteiger partial charge is 0.341 e. The van der Waals surface area contributed by atoms with E-state index in [2.05, 4.69) is 0 Å². The van der Waals surface area contributed by atoms with Gasteiger partial charge in [-0.3, -0.25) is 4.79 Å². The van der Waals surface area contributed by atoms with Gasteiger partial charge in [-0.05, 0) is 43.9 Å². The Kier molecular flexibility index (Phi) is 3.19. The molecule has 3 rings (SSSR count). The standard InChI is InChI=1S/C12H20N2O.ClH/c13-12(5-2-6-12)11(15)14-7-9-3-1-4-10(9)8-14;/h9-10H,1-8,13H2;1H. The average Bonchev–Trinajstić information content (AvgIpc) is 2.71. The van der Waals surface area contributed by atoms with Gasteiger partial charge in [0.15, 0.2) is 0 Å². The molecule has 2 unspecified atom stereocenters. The summed E-state index contributed by atoms with van der Waals surface area (Å²) in [5.41, 5.74) is 5.61. The maximum atomic E-state index is 12.2. The fraction of sp³-hybridized carbons (Fsp3) is 0.917. The Morgan fingerprint density at radius 1 is 1.12 bits per heavy atom. The third-order valence-electron chi connectivity index (χ3n) is 4.69. The maximum absolute atomic E-state index is 12.2. The third-order valence-corrected chi connectivity index (χ3v) is 4.69. The number of hydrogen-bond donors (Lipinski definition) is 1. The van der Waals surface area contributed by atoms with E-state index in [1.807, 2.05) is 4.90 Å². The van der Waals surface area contributed by atoms with E-state index in [1.54, 1.807) is 0 Å². The van der Waals surface area contributed by atoms with E-state index in [0.29, 0.717) is 0 Å². The molecule has 92 valence electrons. The lowest BCUT2D eigenvalue weighted by Gasteiger charge is -2.39. The average molecular weight is 245 g/mol. The highest BCUT2D eigenvalue weighted by Gasteiger charge is 2.46. The number of fused-ring (bicyclic) bond motifs is 1. The van der Waals surface area contributed by atoms with Crippen LogP contribution in [0.25, 0.3) is 0 Å². The zero-order chi connectivity index (χ0) is 10.5. The smallest absolute Gasteiger partial charge is 0.242 e. The molecule has 0 aromatic carbocycles. The number of carbonyl (C=O) groups is 1. The van der Waals surface area contributed by atoms with E-state index in [9.17, 15) is 4.79 Å². The number of carbonyl (C=O) groups excluding carboxylic acids is 1. The highest BCUT2D eigenvalue weighted by atomic mass is 35.5. The minimum Gasteiger partial charge on any atom is -0.341 e. The Morgan fingerprint density at radius 2 is 1.69 bits per heavy atom. The lowest BCUT2D eigenvalue weighted by Crippen LogP contribution is -2.59. The summed E-state index contributed by atoms with van der Waals surface area (Å²) in [6.07, 6.45) is 6.95. The molecule has 2 atom stereocenters. The van der Waals surface area contributed by atoms with Gasteiger partial charge in [0.25, 0.3) is 0 Å². The molecule has 1 amide bonds. The van der Waals surface area contributed by atoms with Gasteiger partial charge in [0.05, 0.1) is 5.54 Å². The summed E-state index contributed by atoms with van der Waals surface area (Å²) >= 11 is 0. The van der Waals surface area contributed by atoms with Gasteiger partial charge in [0.1, 0.15) is 0 Å². The quantitative estimate of drug-likeness (QED) is 0.761. The number of halogens is 1. The summed E-state index contributed by atoms with van der Waals surface area (Å²) < 4.78 is 0. The number of nitrogens with zero attached hydrogens (tertiary/aromatic N) is 1. The first-order valence-electron chi connectivity index (χ1n) is 6.27. The monoisotopic (exact) mass is 244 g/mol. The van der Waals surface area contributed by atoms with Gasteiger partial charge in [-0.15, -0.1) is 12.4 Å². The summed E-state index contributed by atoms with van der Waals surface area (Å²) in [6, 6.07) is 0. The van der Waals surface area contributed by atoms with E-state index in [4.69, 9.17) is 5.73 Å². The van der Waals surface area contributed by atoms with Crippen molar-refractivity contribution in [1.82, 2.24) is 4.90 Å². The van der Waals surface area contributed by atoms with Gasteiger partial charge < -0.3 is 10.6 Å². The second-order valence-electron chi connectivity index (χ2n) is 5.67. The molecule has 1 heterocycles. The highest BCUT2D eigenvalue weighted by molar-refractivity contribution is 5.87. The van der Waals surface area contributed by atoms with E-state index in [0.717, 1.165) is 44.2 Å².